The number of aromatic nitrogens is 1. The Bertz CT molecular complexity index is 433. The molecule has 0 spiro atoms. The van der Waals surface area contributed by atoms with Crippen LogP contribution in [0.4, 0.5) is 0 Å². The lowest BCUT2D eigenvalue weighted by molar-refractivity contribution is 0.0646. The van der Waals surface area contributed by atoms with Crippen molar-refractivity contribution in [3.05, 3.63) is 29.1 Å². The van der Waals surface area contributed by atoms with Crippen LogP contribution in [-0.4, -0.2) is 33.4 Å². The average Bonchev–Trinajstić information content (AvgIpc) is 2.26. The van der Waals surface area contributed by atoms with Crippen molar-refractivity contribution in [3.8, 4) is 0 Å². The van der Waals surface area contributed by atoms with Gasteiger partial charge in [0.2, 0.25) is 0 Å². The Morgan fingerprint density at radius 3 is 2.44 bits per heavy atom. The third kappa shape index (κ3) is 2.52. The van der Waals surface area contributed by atoms with Crippen molar-refractivity contribution in [2.24, 2.45) is 0 Å². The summed E-state index contributed by atoms with van der Waals surface area (Å²) in [7, 11) is 0. The van der Waals surface area contributed by atoms with Gasteiger partial charge < -0.3 is 10.2 Å². The first-order valence-corrected chi connectivity index (χ1v) is 5.75. The molecule has 0 aliphatic carbocycles. The van der Waals surface area contributed by atoms with Crippen LogP contribution in [-0.2, 0) is 0 Å². The van der Waals surface area contributed by atoms with E-state index < -0.39 is 17.6 Å². The van der Waals surface area contributed by atoms with Gasteiger partial charge in [-0.25, -0.2) is 14.6 Å². The molecular formula is C10H11NO4S. The Balaban J connectivity index is 3.28. The van der Waals surface area contributed by atoms with Crippen LogP contribution in [0.1, 0.15) is 38.6 Å². The number of carboxylic acid groups (broad SMARTS) is 2. The fourth-order valence-electron chi connectivity index (χ4n) is 1.17. The minimum Gasteiger partial charge on any atom is -0.478 e. The maximum absolute atomic E-state index is 10.9. The number of nitrogens with zero attached hydrogens (tertiary/aromatic N) is 1. The summed E-state index contributed by atoms with van der Waals surface area (Å²) in [5.74, 6) is -2.61. The number of carboxylic acids is 2. The maximum Gasteiger partial charge on any atom is 0.355 e. The number of thioether (sulfide) groups is 1. The van der Waals surface area contributed by atoms with Crippen LogP contribution < -0.4 is 0 Å². The number of aromatic carboxylic acids is 2. The molecule has 1 unspecified atom stereocenters. The van der Waals surface area contributed by atoms with E-state index >= 15 is 0 Å². The third-order valence-corrected chi connectivity index (χ3v) is 3.14. The number of pyridine rings is 1. The average molecular weight is 241 g/mol. The molecule has 0 fully saturated rings. The lowest BCUT2D eigenvalue weighted by Crippen LogP contribution is -2.11. The Kier molecular flexibility index (Phi) is 3.89. The fourth-order valence-corrected chi connectivity index (χ4v) is 1.57. The van der Waals surface area contributed by atoms with Crippen molar-refractivity contribution < 1.29 is 19.8 Å². The predicted molar refractivity (Wildman–Crippen MR) is 60.1 cm³/mol. The standard InChI is InChI=1S/C10H11NO4S/c1-5(16-2)6-3-7(9(12)13)8(10(14)15)11-4-6/h3-5H,1-2H3,(H,12,13)(H,14,15). The number of hydrogen-bond donors (Lipinski definition) is 2. The van der Waals surface area contributed by atoms with Gasteiger partial charge in [0.1, 0.15) is 0 Å². The topological polar surface area (TPSA) is 87.5 Å². The van der Waals surface area contributed by atoms with Gasteiger partial charge >= 0.3 is 11.9 Å². The van der Waals surface area contributed by atoms with Crippen LogP contribution in [0.3, 0.4) is 0 Å². The van der Waals surface area contributed by atoms with E-state index in [1.807, 2.05) is 13.2 Å². The predicted octanol–water partition coefficient (Wildman–Crippen LogP) is 1.90. The molecule has 0 radical (unpaired) electrons. The Morgan fingerprint density at radius 1 is 1.38 bits per heavy atom. The van der Waals surface area contributed by atoms with Crippen LogP contribution in [0.5, 0.6) is 0 Å². The summed E-state index contributed by atoms with van der Waals surface area (Å²) < 4.78 is 0. The molecule has 0 amide bonds. The molecule has 0 saturated heterocycles. The molecule has 16 heavy (non-hydrogen) atoms. The first-order chi connectivity index (χ1) is 7.47. The normalized spacial score (nSPS) is 12.1. The minimum atomic E-state index is -1.33. The van der Waals surface area contributed by atoms with Crippen LogP contribution in [0, 0.1) is 0 Å². The summed E-state index contributed by atoms with van der Waals surface area (Å²) in [5.41, 5.74) is 0.00496. The molecule has 0 saturated carbocycles. The summed E-state index contributed by atoms with van der Waals surface area (Å²) in [6.07, 6.45) is 3.28. The molecule has 1 atom stereocenters. The molecule has 1 rings (SSSR count). The van der Waals surface area contributed by atoms with Gasteiger partial charge in [-0.2, -0.15) is 11.8 Å². The van der Waals surface area contributed by atoms with E-state index in [0.29, 0.717) is 5.56 Å². The van der Waals surface area contributed by atoms with Crippen LogP contribution >= 0.6 is 11.8 Å². The summed E-state index contributed by atoms with van der Waals surface area (Å²) in [4.78, 5) is 25.3. The number of rotatable bonds is 4. The second kappa shape index (κ2) is 4.98. The summed E-state index contributed by atoms with van der Waals surface area (Å²) in [5, 5.41) is 17.7. The van der Waals surface area contributed by atoms with Crippen LogP contribution in [0.15, 0.2) is 12.3 Å². The Labute approximate surface area is 96.5 Å². The lowest BCUT2D eigenvalue weighted by atomic mass is 10.1. The van der Waals surface area contributed by atoms with Crippen molar-refractivity contribution in [2.45, 2.75) is 12.2 Å². The van der Waals surface area contributed by atoms with Gasteiger partial charge in [0, 0.05) is 11.4 Å². The second-order valence-electron chi connectivity index (χ2n) is 3.15. The molecule has 1 aromatic rings. The van der Waals surface area contributed by atoms with E-state index in [1.165, 1.54) is 24.0 Å². The molecule has 1 aromatic heterocycles. The highest BCUT2D eigenvalue weighted by Crippen LogP contribution is 2.26. The van der Waals surface area contributed by atoms with Gasteiger partial charge in [0.15, 0.2) is 5.69 Å². The molecule has 0 aliphatic heterocycles. The zero-order valence-electron chi connectivity index (χ0n) is 8.80. The molecule has 2 N–H and O–H groups in total. The van der Waals surface area contributed by atoms with E-state index in [1.54, 1.807) is 0 Å². The number of hydrogen-bond acceptors (Lipinski definition) is 4. The second-order valence-corrected chi connectivity index (χ2v) is 4.33. The van der Waals surface area contributed by atoms with Crippen LogP contribution in [0.25, 0.3) is 0 Å². The van der Waals surface area contributed by atoms with Crippen molar-refractivity contribution in [3.63, 3.8) is 0 Å². The van der Waals surface area contributed by atoms with E-state index in [-0.39, 0.29) is 10.8 Å². The monoisotopic (exact) mass is 241 g/mol. The van der Waals surface area contributed by atoms with Gasteiger partial charge in [-0.3, -0.25) is 0 Å². The fraction of sp³-hybridized carbons (Fsp3) is 0.300. The summed E-state index contributed by atoms with van der Waals surface area (Å²) in [6.45, 7) is 1.90. The smallest absolute Gasteiger partial charge is 0.355 e. The molecule has 0 bridgehead atoms. The third-order valence-electron chi connectivity index (χ3n) is 2.16. The highest BCUT2D eigenvalue weighted by molar-refractivity contribution is 7.98. The highest BCUT2D eigenvalue weighted by Gasteiger charge is 2.19. The van der Waals surface area contributed by atoms with E-state index in [4.69, 9.17) is 10.2 Å². The van der Waals surface area contributed by atoms with E-state index in [2.05, 4.69) is 4.98 Å². The highest BCUT2D eigenvalue weighted by atomic mass is 32.2. The Morgan fingerprint density at radius 2 is 2.00 bits per heavy atom. The molecule has 86 valence electrons. The van der Waals surface area contributed by atoms with Crippen molar-refractivity contribution in [1.29, 1.82) is 0 Å². The van der Waals surface area contributed by atoms with Gasteiger partial charge in [-0.1, -0.05) is 0 Å². The lowest BCUT2D eigenvalue weighted by Gasteiger charge is -2.09. The molecule has 0 aromatic carbocycles. The zero-order valence-corrected chi connectivity index (χ0v) is 9.61. The Hall–Kier alpha value is -1.56. The molecule has 6 heteroatoms. The molecule has 0 aliphatic rings. The van der Waals surface area contributed by atoms with Crippen molar-refractivity contribution >= 4 is 23.7 Å². The maximum atomic E-state index is 10.9. The minimum absolute atomic E-state index is 0.0773. The summed E-state index contributed by atoms with van der Waals surface area (Å²) >= 11 is 1.53. The van der Waals surface area contributed by atoms with Gasteiger partial charge in [0.25, 0.3) is 0 Å². The SMILES string of the molecule is CSC(C)c1cnc(C(=O)O)c(C(=O)O)c1. The summed E-state index contributed by atoms with van der Waals surface area (Å²) in [6, 6.07) is 1.36. The van der Waals surface area contributed by atoms with Gasteiger partial charge in [0.05, 0.1) is 5.56 Å². The zero-order chi connectivity index (χ0) is 12.3. The molecule has 5 nitrogen and oxygen atoms in total. The van der Waals surface area contributed by atoms with E-state index in [9.17, 15) is 9.59 Å². The first-order valence-electron chi connectivity index (χ1n) is 4.46. The van der Waals surface area contributed by atoms with Gasteiger partial charge in [-0.15, -0.1) is 0 Å². The first kappa shape index (κ1) is 12.5. The molecular weight excluding hydrogens is 230 g/mol. The van der Waals surface area contributed by atoms with Gasteiger partial charge in [-0.05, 0) is 24.8 Å². The van der Waals surface area contributed by atoms with E-state index in [0.717, 1.165) is 0 Å². The quantitative estimate of drug-likeness (QED) is 0.837. The molecule has 1 heterocycles. The van der Waals surface area contributed by atoms with Crippen molar-refractivity contribution in [1.82, 2.24) is 4.98 Å². The largest absolute Gasteiger partial charge is 0.478 e. The van der Waals surface area contributed by atoms with Crippen LogP contribution in [0.2, 0.25) is 0 Å². The van der Waals surface area contributed by atoms with Crippen molar-refractivity contribution in [2.75, 3.05) is 6.26 Å². The number of carbonyl (C=O) groups is 2.